The number of pyridine rings is 1. The SMILES string of the molecule is C[C@@H](O)C(=O)N1[C@@H]2CC[C@H]1CC(c1nc3c(-c4ccc(-c5ccc(F)cc5)nc4)cnn3c(N)c1S(C)(=O)=O)C2. The number of carbonyl (C=O) groups is 1. The molecule has 0 saturated carbocycles. The van der Waals surface area contributed by atoms with Crippen LogP contribution >= 0.6 is 0 Å². The van der Waals surface area contributed by atoms with E-state index in [0.29, 0.717) is 41.0 Å². The highest BCUT2D eigenvalue weighted by Gasteiger charge is 2.46. The number of hydrogen-bond donors (Lipinski definition) is 2. The number of rotatable bonds is 5. The number of anilines is 1. The summed E-state index contributed by atoms with van der Waals surface area (Å²) >= 11 is 0. The number of aliphatic hydroxyl groups is 1. The first-order valence-electron chi connectivity index (χ1n) is 13.1. The third-order valence-corrected chi connectivity index (χ3v) is 9.14. The maximum atomic E-state index is 13.3. The van der Waals surface area contributed by atoms with Crippen molar-refractivity contribution in [2.24, 2.45) is 0 Å². The lowest BCUT2D eigenvalue weighted by Crippen LogP contribution is -2.49. The van der Waals surface area contributed by atoms with Crippen LogP contribution in [0.15, 0.2) is 53.7 Å². The smallest absolute Gasteiger partial charge is 0.251 e. The molecule has 2 aliphatic heterocycles. The number of hydrogen-bond acceptors (Lipinski definition) is 8. The first kappa shape index (κ1) is 26.3. The Kier molecular flexibility index (Phi) is 6.34. The van der Waals surface area contributed by atoms with Crippen molar-refractivity contribution in [2.75, 3.05) is 12.0 Å². The largest absolute Gasteiger partial charge is 0.384 e. The molecule has 1 amide bonds. The van der Waals surface area contributed by atoms with E-state index in [9.17, 15) is 22.7 Å². The summed E-state index contributed by atoms with van der Waals surface area (Å²) in [6.07, 6.45) is 5.89. The molecule has 2 aliphatic rings. The van der Waals surface area contributed by atoms with Crippen LogP contribution in [0, 0.1) is 5.82 Å². The van der Waals surface area contributed by atoms with Gasteiger partial charge in [0, 0.05) is 47.1 Å². The molecule has 2 bridgehead atoms. The van der Waals surface area contributed by atoms with Gasteiger partial charge in [-0.2, -0.15) is 9.61 Å². The average Bonchev–Trinajstić information content (AvgIpc) is 3.46. The fourth-order valence-electron chi connectivity index (χ4n) is 6.20. The standard InChI is InChI=1S/C28H29FN6O4S/c1-15(36)28(37)34-20-8-9-21(34)12-18(11-20)24-25(40(2,38)39)26(30)35-27(33-24)22(14-32-35)17-5-10-23(31-13-17)16-3-6-19(29)7-4-16/h3-7,10,13-15,18,20-21,36H,8-9,11-12,30H2,1-2H3/t15-,18?,20-,21+/m1/s1. The van der Waals surface area contributed by atoms with Gasteiger partial charge in [-0.1, -0.05) is 6.07 Å². The van der Waals surface area contributed by atoms with E-state index in [1.165, 1.54) is 23.6 Å². The molecule has 1 aromatic carbocycles. The summed E-state index contributed by atoms with van der Waals surface area (Å²) in [5.41, 5.74) is 10.0. The fourth-order valence-corrected chi connectivity index (χ4v) is 7.26. The summed E-state index contributed by atoms with van der Waals surface area (Å²) < 4.78 is 40.6. The minimum Gasteiger partial charge on any atom is -0.384 e. The number of fused-ring (bicyclic) bond motifs is 3. The number of carbonyl (C=O) groups excluding carboxylic acids is 1. The fraction of sp³-hybridized carbons (Fsp3) is 0.357. The molecule has 0 aliphatic carbocycles. The molecule has 5 heterocycles. The van der Waals surface area contributed by atoms with Gasteiger partial charge in [0.25, 0.3) is 5.91 Å². The van der Waals surface area contributed by atoms with E-state index in [1.54, 1.807) is 29.4 Å². The van der Waals surface area contributed by atoms with E-state index in [-0.39, 0.29) is 40.4 Å². The Labute approximate surface area is 230 Å². The number of amides is 1. The number of aromatic nitrogens is 4. The van der Waals surface area contributed by atoms with E-state index >= 15 is 0 Å². The van der Waals surface area contributed by atoms with Gasteiger partial charge >= 0.3 is 0 Å². The van der Waals surface area contributed by atoms with Crippen molar-refractivity contribution in [1.29, 1.82) is 0 Å². The summed E-state index contributed by atoms with van der Waals surface area (Å²) in [5, 5.41) is 14.3. The van der Waals surface area contributed by atoms with Crippen LogP contribution in [0.1, 0.15) is 44.2 Å². The maximum absolute atomic E-state index is 13.3. The van der Waals surface area contributed by atoms with E-state index in [2.05, 4.69) is 10.1 Å². The Morgan fingerprint density at radius 1 is 1.07 bits per heavy atom. The number of benzene rings is 1. The highest BCUT2D eigenvalue weighted by atomic mass is 32.2. The summed E-state index contributed by atoms with van der Waals surface area (Å²) in [6, 6.07) is 9.51. The molecule has 6 rings (SSSR count). The van der Waals surface area contributed by atoms with Gasteiger partial charge in [-0.25, -0.2) is 17.8 Å². The summed E-state index contributed by atoms with van der Waals surface area (Å²) in [5.74, 6) is -0.881. The number of nitrogens with two attached hydrogens (primary N) is 1. The molecular formula is C28H29FN6O4S. The van der Waals surface area contributed by atoms with Gasteiger partial charge in [0.05, 0.1) is 17.6 Å². The molecule has 3 aromatic heterocycles. The van der Waals surface area contributed by atoms with Crippen LogP contribution in [-0.2, 0) is 14.6 Å². The van der Waals surface area contributed by atoms with Crippen LogP contribution in [-0.4, -0.2) is 68.4 Å². The van der Waals surface area contributed by atoms with Crippen molar-refractivity contribution in [3.8, 4) is 22.4 Å². The van der Waals surface area contributed by atoms with Crippen LogP contribution in [0.5, 0.6) is 0 Å². The Morgan fingerprint density at radius 2 is 1.73 bits per heavy atom. The third kappa shape index (κ3) is 4.40. The van der Waals surface area contributed by atoms with Crippen molar-refractivity contribution < 1.29 is 22.7 Å². The predicted octanol–water partition coefficient (Wildman–Crippen LogP) is 3.20. The number of sulfone groups is 1. The van der Waals surface area contributed by atoms with Crippen molar-refractivity contribution in [3.63, 3.8) is 0 Å². The second kappa shape index (κ2) is 9.63. The summed E-state index contributed by atoms with van der Waals surface area (Å²) in [6.45, 7) is 1.47. The molecular weight excluding hydrogens is 535 g/mol. The van der Waals surface area contributed by atoms with Crippen molar-refractivity contribution in [1.82, 2.24) is 24.5 Å². The van der Waals surface area contributed by atoms with E-state index in [4.69, 9.17) is 10.7 Å². The molecule has 40 heavy (non-hydrogen) atoms. The van der Waals surface area contributed by atoms with Gasteiger partial charge in [-0.15, -0.1) is 0 Å². The van der Waals surface area contributed by atoms with Gasteiger partial charge in [0.15, 0.2) is 15.5 Å². The molecule has 4 aromatic rings. The number of nitrogens with zero attached hydrogens (tertiary/aromatic N) is 5. The van der Waals surface area contributed by atoms with Gasteiger partial charge in [0.1, 0.15) is 22.6 Å². The minimum atomic E-state index is -3.77. The zero-order valence-corrected chi connectivity index (χ0v) is 22.8. The zero-order valence-electron chi connectivity index (χ0n) is 22.0. The normalized spacial score (nSPS) is 21.6. The number of nitrogen functional groups attached to an aromatic ring is 1. The van der Waals surface area contributed by atoms with Crippen molar-refractivity contribution in [2.45, 2.75) is 61.6 Å². The Balaban J connectivity index is 1.42. The van der Waals surface area contributed by atoms with Crippen LogP contribution in [0.25, 0.3) is 28.0 Å². The molecule has 1 unspecified atom stereocenters. The molecule has 2 fully saturated rings. The van der Waals surface area contributed by atoms with E-state index in [1.807, 2.05) is 12.1 Å². The zero-order chi connectivity index (χ0) is 28.3. The third-order valence-electron chi connectivity index (χ3n) is 7.98. The van der Waals surface area contributed by atoms with E-state index in [0.717, 1.165) is 24.7 Å². The Hall–Kier alpha value is -3.90. The second-order valence-electron chi connectivity index (χ2n) is 10.7. The van der Waals surface area contributed by atoms with Crippen LogP contribution in [0.2, 0.25) is 0 Å². The number of halogens is 1. The molecule has 3 N–H and O–H groups in total. The summed E-state index contributed by atoms with van der Waals surface area (Å²) in [7, 11) is -3.77. The first-order valence-corrected chi connectivity index (χ1v) is 15.0. The lowest BCUT2D eigenvalue weighted by Gasteiger charge is -2.39. The Bertz CT molecular complexity index is 1710. The van der Waals surface area contributed by atoms with E-state index < -0.39 is 15.9 Å². The molecule has 0 radical (unpaired) electrons. The number of aliphatic hydroxyl groups excluding tert-OH is 1. The van der Waals surface area contributed by atoms with Crippen LogP contribution in [0.3, 0.4) is 0 Å². The topological polar surface area (TPSA) is 144 Å². The van der Waals surface area contributed by atoms with Crippen molar-refractivity contribution >= 4 is 27.2 Å². The maximum Gasteiger partial charge on any atom is 0.251 e. The van der Waals surface area contributed by atoms with Gasteiger partial charge in [-0.3, -0.25) is 9.78 Å². The second-order valence-corrected chi connectivity index (χ2v) is 12.6. The van der Waals surface area contributed by atoms with Gasteiger partial charge < -0.3 is 15.7 Å². The predicted molar refractivity (Wildman–Crippen MR) is 146 cm³/mol. The minimum absolute atomic E-state index is 0.0144. The van der Waals surface area contributed by atoms with Gasteiger partial charge in [0.2, 0.25) is 0 Å². The average molecular weight is 565 g/mol. The molecule has 2 saturated heterocycles. The molecule has 208 valence electrons. The number of piperidine rings is 1. The van der Waals surface area contributed by atoms with Gasteiger partial charge in [-0.05, 0) is 62.9 Å². The quantitative estimate of drug-likeness (QED) is 0.376. The van der Waals surface area contributed by atoms with Crippen molar-refractivity contribution in [3.05, 3.63) is 60.3 Å². The highest BCUT2D eigenvalue weighted by molar-refractivity contribution is 7.91. The van der Waals surface area contributed by atoms with Crippen LogP contribution in [0.4, 0.5) is 10.2 Å². The highest BCUT2D eigenvalue weighted by Crippen LogP contribution is 2.45. The molecule has 10 nitrogen and oxygen atoms in total. The lowest BCUT2D eigenvalue weighted by molar-refractivity contribution is -0.144. The monoisotopic (exact) mass is 564 g/mol. The molecule has 12 heteroatoms. The molecule has 4 atom stereocenters. The first-order chi connectivity index (χ1) is 19.0. The Morgan fingerprint density at radius 3 is 2.30 bits per heavy atom. The van der Waals surface area contributed by atoms with Crippen LogP contribution < -0.4 is 5.73 Å². The summed E-state index contributed by atoms with van der Waals surface area (Å²) in [4.78, 5) is 23.8. The molecule has 0 spiro atoms. The lowest BCUT2D eigenvalue weighted by atomic mass is 9.87.